The van der Waals surface area contributed by atoms with Crippen LogP contribution < -0.4 is 10.5 Å². The van der Waals surface area contributed by atoms with E-state index in [1.165, 1.54) is 0 Å². The average molecular weight is 276 g/mol. The van der Waals surface area contributed by atoms with Crippen LogP contribution in [0.2, 0.25) is 10.0 Å². The maximum absolute atomic E-state index is 5.92. The monoisotopic (exact) mass is 275 g/mol. The summed E-state index contributed by atoms with van der Waals surface area (Å²) in [6, 6.07) is 5.27. The van der Waals surface area contributed by atoms with Gasteiger partial charge in [0.1, 0.15) is 18.0 Å². The van der Waals surface area contributed by atoms with Crippen LogP contribution in [-0.4, -0.2) is 24.9 Å². The van der Waals surface area contributed by atoms with E-state index in [9.17, 15) is 0 Å². The van der Waals surface area contributed by atoms with E-state index in [0.717, 1.165) is 6.42 Å². The highest BCUT2D eigenvalue weighted by Gasteiger charge is 2.41. The Bertz CT molecular complexity index is 400. The molecule has 1 aliphatic carbocycles. The van der Waals surface area contributed by atoms with Gasteiger partial charge in [-0.15, -0.1) is 0 Å². The molecule has 1 aliphatic rings. The Balaban J connectivity index is 1.99. The Kier molecular flexibility index (Phi) is 4.15. The SMILES string of the molecule is CCOC1C(N)CC1Oc1ccc(Cl)c(Cl)c1. The zero-order valence-corrected chi connectivity index (χ0v) is 11.0. The van der Waals surface area contributed by atoms with Gasteiger partial charge >= 0.3 is 0 Å². The molecule has 1 aromatic rings. The van der Waals surface area contributed by atoms with Crippen LogP contribution in [0.4, 0.5) is 0 Å². The van der Waals surface area contributed by atoms with E-state index in [0.29, 0.717) is 22.4 Å². The summed E-state index contributed by atoms with van der Waals surface area (Å²) in [7, 11) is 0. The predicted molar refractivity (Wildman–Crippen MR) is 68.9 cm³/mol. The molecule has 3 unspecified atom stereocenters. The highest BCUT2D eigenvalue weighted by Crippen LogP contribution is 2.31. The molecule has 1 fully saturated rings. The van der Waals surface area contributed by atoms with Gasteiger partial charge in [0.15, 0.2) is 0 Å². The van der Waals surface area contributed by atoms with Crippen molar-refractivity contribution in [2.45, 2.75) is 31.6 Å². The van der Waals surface area contributed by atoms with E-state index in [1.807, 2.05) is 6.92 Å². The minimum absolute atomic E-state index is 0.00203. The van der Waals surface area contributed by atoms with Crippen molar-refractivity contribution in [3.8, 4) is 5.75 Å². The first-order valence-corrected chi connectivity index (χ1v) is 6.36. The summed E-state index contributed by atoms with van der Waals surface area (Å²) in [4.78, 5) is 0. The van der Waals surface area contributed by atoms with Crippen molar-refractivity contribution >= 4 is 23.2 Å². The summed E-state index contributed by atoms with van der Waals surface area (Å²) in [6.07, 6.45) is 0.766. The standard InChI is InChI=1S/C12H15Cl2NO2/c1-2-16-12-10(15)6-11(12)17-7-3-4-8(13)9(14)5-7/h3-5,10-12H,2,6,15H2,1H3. The molecule has 0 radical (unpaired) electrons. The zero-order valence-electron chi connectivity index (χ0n) is 9.53. The lowest BCUT2D eigenvalue weighted by atomic mass is 9.86. The normalized spacial score (nSPS) is 27.6. The van der Waals surface area contributed by atoms with E-state index >= 15 is 0 Å². The molecule has 0 amide bonds. The molecule has 17 heavy (non-hydrogen) atoms. The fourth-order valence-corrected chi connectivity index (χ4v) is 2.17. The highest BCUT2D eigenvalue weighted by atomic mass is 35.5. The van der Waals surface area contributed by atoms with Crippen molar-refractivity contribution in [3.05, 3.63) is 28.2 Å². The topological polar surface area (TPSA) is 44.5 Å². The third-order valence-corrected chi connectivity index (χ3v) is 3.57. The summed E-state index contributed by atoms with van der Waals surface area (Å²) in [6.45, 7) is 2.58. The molecule has 3 nitrogen and oxygen atoms in total. The first-order valence-electron chi connectivity index (χ1n) is 5.60. The van der Waals surface area contributed by atoms with Crippen LogP contribution in [0.15, 0.2) is 18.2 Å². The van der Waals surface area contributed by atoms with E-state index in [2.05, 4.69) is 0 Å². The van der Waals surface area contributed by atoms with Crippen LogP contribution in [0.1, 0.15) is 13.3 Å². The quantitative estimate of drug-likeness (QED) is 0.919. The minimum Gasteiger partial charge on any atom is -0.488 e. The van der Waals surface area contributed by atoms with Crippen molar-refractivity contribution in [1.82, 2.24) is 0 Å². The van der Waals surface area contributed by atoms with E-state index in [1.54, 1.807) is 18.2 Å². The van der Waals surface area contributed by atoms with Crippen molar-refractivity contribution in [2.24, 2.45) is 5.73 Å². The molecule has 0 heterocycles. The lowest BCUT2D eigenvalue weighted by Gasteiger charge is -2.41. The molecule has 0 spiro atoms. The number of nitrogens with two attached hydrogens (primary N) is 1. The molecule has 0 saturated heterocycles. The number of ether oxygens (including phenoxy) is 2. The molecule has 3 atom stereocenters. The van der Waals surface area contributed by atoms with Gasteiger partial charge in [0.25, 0.3) is 0 Å². The second-order valence-corrected chi connectivity index (χ2v) is 4.87. The molecule has 2 N–H and O–H groups in total. The molecule has 1 saturated carbocycles. The fourth-order valence-electron chi connectivity index (χ4n) is 1.88. The molecule has 0 aromatic heterocycles. The second kappa shape index (κ2) is 5.44. The summed E-state index contributed by atoms with van der Waals surface area (Å²) >= 11 is 11.8. The summed E-state index contributed by atoms with van der Waals surface area (Å²) < 4.78 is 11.3. The molecule has 5 heteroatoms. The van der Waals surface area contributed by atoms with Gasteiger partial charge in [-0.05, 0) is 19.1 Å². The van der Waals surface area contributed by atoms with Crippen LogP contribution >= 0.6 is 23.2 Å². The van der Waals surface area contributed by atoms with Gasteiger partial charge in [-0.3, -0.25) is 0 Å². The second-order valence-electron chi connectivity index (χ2n) is 4.05. The molecular formula is C12H15Cl2NO2. The molecule has 2 rings (SSSR count). The van der Waals surface area contributed by atoms with Gasteiger partial charge in [0.2, 0.25) is 0 Å². The van der Waals surface area contributed by atoms with Crippen LogP contribution in [0.25, 0.3) is 0 Å². The fraction of sp³-hybridized carbons (Fsp3) is 0.500. The summed E-state index contributed by atoms with van der Waals surface area (Å²) in [5.74, 6) is 0.695. The van der Waals surface area contributed by atoms with E-state index in [-0.39, 0.29) is 18.2 Å². The third-order valence-electron chi connectivity index (χ3n) is 2.83. The lowest BCUT2D eigenvalue weighted by Crippen LogP contribution is -2.59. The summed E-state index contributed by atoms with van der Waals surface area (Å²) in [5, 5.41) is 1.01. The first kappa shape index (κ1) is 13.0. The smallest absolute Gasteiger partial charge is 0.128 e. The van der Waals surface area contributed by atoms with Gasteiger partial charge in [0.05, 0.1) is 10.0 Å². The molecule has 0 bridgehead atoms. The van der Waals surface area contributed by atoms with Gasteiger partial charge in [-0.1, -0.05) is 23.2 Å². The Morgan fingerprint density at radius 1 is 1.35 bits per heavy atom. The molecule has 94 valence electrons. The van der Waals surface area contributed by atoms with Gasteiger partial charge in [-0.2, -0.15) is 0 Å². The minimum atomic E-state index is -0.0329. The highest BCUT2D eigenvalue weighted by molar-refractivity contribution is 6.42. The van der Waals surface area contributed by atoms with Gasteiger partial charge in [0, 0.05) is 25.1 Å². The zero-order chi connectivity index (χ0) is 12.4. The maximum atomic E-state index is 5.92. The van der Waals surface area contributed by atoms with Crippen molar-refractivity contribution < 1.29 is 9.47 Å². The number of hydrogen-bond acceptors (Lipinski definition) is 3. The summed E-state index contributed by atoms with van der Waals surface area (Å²) in [5.41, 5.74) is 5.85. The Labute approximate surface area is 111 Å². The predicted octanol–water partition coefficient (Wildman–Crippen LogP) is 2.88. The molecular weight excluding hydrogens is 261 g/mol. The Hall–Kier alpha value is -0.480. The third kappa shape index (κ3) is 2.86. The number of hydrogen-bond donors (Lipinski definition) is 1. The average Bonchev–Trinajstić information content (AvgIpc) is 2.30. The maximum Gasteiger partial charge on any atom is 0.128 e. The van der Waals surface area contributed by atoms with Crippen LogP contribution in [0.5, 0.6) is 5.75 Å². The Morgan fingerprint density at radius 2 is 2.12 bits per heavy atom. The lowest BCUT2D eigenvalue weighted by molar-refractivity contribution is -0.0945. The number of rotatable bonds is 4. The van der Waals surface area contributed by atoms with Gasteiger partial charge in [-0.25, -0.2) is 0 Å². The number of halogens is 2. The first-order chi connectivity index (χ1) is 8.11. The van der Waals surface area contributed by atoms with E-state index in [4.69, 9.17) is 38.4 Å². The largest absolute Gasteiger partial charge is 0.488 e. The van der Waals surface area contributed by atoms with Crippen LogP contribution in [0, 0.1) is 0 Å². The van der Waals surface area contributed by atoms with Crippen LogP contribution in [0.3, 0.4) is 0 Å². The Morgan fingerprint density at radius 3 is 2.71 bits per heavy atom. The number of benzene rings is 1. The van der Waals surface area contributed by atoms with Crippen molar-refractivity contribution in [1.29, 1.82) is 0 Å². The van der Waals surface area contributed by atoms with Gasteiger partial charge < -0.3 is 15.2 Å². The van der Waals surface area contributed by atoms with Crippen molar-refractivity contribution in [2.75, 3.05) is 6.61 Å². The van der Waals surface area contributed by atoms with Crippen LogP contribution in [-0.2, 0) is 4.74 Å². The molecule has 0 aliphatic heterocycles. The van der Waals surface area contributed by atoms with Crippen molar-refractivity contribution in [3.63, 3.8) is 0 Å². The van der Waals surface area contributed by atoms with E-state index < -0.39 is 0 Å². The molecule has 1 aromatic carbocycles.